The topological polar surface area (TPSA) is 24.5 Å². The highest BCUT2D eigenvalue weighted by molar-refractivity contribution is 4.79. The van der Waals surface area contributed by atoms with Crippen LogP contribution in [0.2, 0.25) is 0 Å². The number of nitrogens with zero attached hydrogens (tertiary/aromatic N) is 1. The van der Waals surface area contributed by atoms with Crippen LogP contribution in [0.1, 0.15) is 26.7 Å². The van der Waals surface area contributed by atoms with E-state index in [2.05, 4.69) is 24.1 Å². The molecule has 0 amide bonds. The summed E-state index contributed by atoms with van der Waals surface area (Å²) in [5, 5.41) is 3.43. The number of hydrogen-bond acceptors (Lipinski definition) is 3. The molecule has 3 heteroatoms. The Kier molecular flexibility index (Phi) is 6.22. The largest absolute Gasteiger partial charge is 0.383 e. The zero-order valence-corrected chi connectivity index (χ0v) is 10.5. The monoisotopic (exact) mass is 214 g/mol. The minimum absolute atomic E-state index is 0.646. The van der Waals surface area contributed by atoms with Gasteiger partial charge in [0, 0.05) is 32.8 Å². The molecule has 0 heterocycles. The SMILES string of the molecule is CCN(CC1CC1)C(C)CNCCOC. The number of rotatable bonds is 9. The van der Waals surface area contributed by atoms with E-state index in [9.17, 15) is 0 Å². The summed E-state index contributed by atoms with van der Waals surface area (Å²) in [5.41, 5.74) is 0. The van der Waals surface area contributed by atoms with Gasteiger partial charge in [0.1, 0.15) is 0 Å². The van der Waals surface area contributed by atoms with Crippen LogP contribution in [0.25, 0.3) is 0 Å². The van der Waals surface area contributed by atoms with Crippen LogP contribution in [0, 0.1) is 5.92 Å². The van der Waals surface area contributed by atoms with E-state index in [0.717, 1.165) is 25.6 Å². The van der Waals surface area contributed by atoms with Crippen molar-refractivity contribution in [3.8, 4) is 0 Å². The van der Waals surface area contributed by atoms with Crippen molar-refractivity contribution in [2.75, 3.05) is 39.9 Å². The van der Waals surface area contributed by atoms with Crippen molar-refractivity contribution in [3.05, 3.63) is 0 Å². The number of hydrogen-bond donors (Lipinski definition) is 1. The van der Waals surface area contributed by atoms with Crippen molar-refractivity contribution < 1.29 is 4.74 Å². The molecule has 1 aliphatic carbocycles. The van der Waals surface area contributed by atoms with Gasteiger partial charge in [-0.15, -0.1) is 0 Å². The highest BCUT2D eigenvalue weighted by atomic mass is 16.5. The third-order valence-corrected chi connectivity index (χ3v) is 3.14. The maximum atomic E-state index is 5.01. The van der Waals surface area contributed by atoms with Crippen LogP contribution in [0.3, 0.4) is 0 Å². The summed E-state index contributed by atoms with van der Waals surface area (Å²) in [7, 11) is 1.75. The van der Waals surface area contributed by atoms with Crippen LogP contribution in [-0.4, -0.2) is 50.8 Å². The summed E-state index contributed by atoms with van der Waals surface area (Å²) in [6, 6.07) is 0.646. The van der Waals surface area contributed by atoms with Crippen LogP contribution in [0.4, 0.5) is 0 Å². The van der Waals surface area contributed by atoms with Crippen molar-refractivity contribution in [2.45, 2.75) is 32.7 Å². The third-order valence-electron chi connectivity index (χ3n) is 3.14. The van der Waals surface area contributed by atoms with Gasteiger partial charge in [-0.1, -0.05) is 6.92 Å². The van der Waals surface area contributed by atoms with Gasteiger partial charge in [-0.3, -0.25) is 4.90 Å². The molecule has 0 aliphatic heterocycles. The molecule has 1 saturated carbocycles. The van der Waals surface area contributed by atoms with Gasteiger partial charge < -0.3 is 10.1 Å². The fourth-order valence-electron chi connectivity index (χ4n) is 1.87. The van der Waals surface area contributed by atoms with E-state index >= 15 is 0 Å². The molecule has 1 fully saturated rings. The maximum Gasteiger partial charge on any atom is 0.0587 e. The molecule has 15 heavy (non-hydrogen) atoms. The second-order valence-corrected chi connectivity index (χ2v) is 4.58. The molecule has 1 N–H and O–H groups in total. The second kappa shape index (κ2) is 7.20. The highest BCUT2D eigenvalue weighted by Gasteiger charge is 2.25. The Bertz CT molecular complexity index is 160. The van der Waals surface area contributed by atoms with Crippen molar-refractivity contribution in [1.29, 1.82) is 0 Å². The van der Waals surface area contributed by atoms with Crippen LogP contribution in [0.15, 0.2) is 0 Å². The Labute approximate surface area is 94.2 Å². The zero-order chi connectivity index (χ0) is 11.1. The maximum absolute atomic E-state index is 5.01. The summed E-state index contributed by atoms with van der Waals surface area (Å²) >= 11 is 0. The molecular formula is C12H26N2O. The number of methoxy groups -OCH3 is 1. The van der Waals surface area contributed by atoms with Crippen LogP contribution in [-0.2, 0) is 4.74 Å². The van der Waals surface area contributed by atoms with E-state index in [1.807, 2.05) is 0 Å². The normalized spacial score (nSPS) is 18.4. The molecule has 0 saturated heterocycles. The molecule has 1 unspecified atom stereocenters. The van der Waals surface area contributed by atoms with Crippen molar-refractivity contribution in [3.63, 3.8) is 0 Å². The first kappa shape index (κ1) is 12.9. The summed E-state index contributed by atoms with van der Waals surface area (Å²) in [6.45, 7) is 9.88. The molecule has 0 radical (unpaired) electrons. The van der Waals surface area contributed by atoms with Crippen molar-refractivity contribution >= 4 is 0 Å². The van der Waals surface area contributed by atoms with Gasteiger partial charge in [0.15, 0.2) is 0 Å². The van der Waals surface area contributed by atoms with Gasteiger partial charge in [0.2, 0.25) is 0 Å². The predicted molar refractivity (Wildman–Crippen MR) is 64.2 cm³/mol. The molecule has 0 spiro atoms. The lowest BCUT2D eigenvalue weighted by atomic mass is 10.2. The summed E-state index contributed by atoms with van der Waals surface area (Å²) in [6.07, 6.45) is 2.89. The minimum atomic E-state index is 0.646. The van der Waals surface area contributed by atoms with Crippen LogP contribution < -0.4 is 5.32 Å². The van der Waals surface area contributed by atoms with Crippen molar-refractivity contribution in [1.82, 2.24) is 10.2 Å². The highest BCUT2D eigenvalue weighted by Crippen LogP contribution is 2.30. The number of nitrogens with one attached hydrogen (secondary N) is 1. The van der Waals surface area contributed by atoms with Crippen LogP contribution in [0.5, 0.6) is 0 Å². The molecule has 1 aliphatic rings. The average Bonchev–Trinajstić information content (AvgIpc) is 3.04. The second-order valence-electron chi connectivity index (χ2n) is 4.58. The standard InChI is InChI=1S/C12H26N2O/c1-4-14(10-12-5-6-12)11(2)9-13-7-8-15-3/h11-13H,4-10H2,1-3H3. The first-order valence-electron chi connectivity index (χ1n) is 6.21. The van der Waals surface area contributed by atoms with E-state index in [4.69, 9.17) is 4.74 Å². The molecule has 1 atom stereocenters. The van der Waals surface area contributed by atoms with Gasteiger partial charge in [-0.25, -0.2) is 0 Å². The Hall–Kier alpha value is -0.120. The molecule has 0 aromatic carbocycles. The van der Waals surface area contributed by atoms with E-state index in [-0.39, 0.29) is 0 Å². The van der Waals surface area contributed by atoms with Crippen molar-refractivity contribution in [2.24, 2.45) is 5.92 Å². The van der Waals surface area contributed by atoms with Gasteiger partial charge in [-0.2, -0.15) is 0 Å². The molecule has 90 valence electrons. The predicted octanol–water partition coefficient (Wildman–Crippen LogP) is 1.34. The Morgan fingerprint density at radius 2 is 2.20 bits per heavy atom. The molecule has 0 bridgehead atoms. The van der Waals surface area contributed by atoms with Crippen LogP contribution >= 0.6 is 0 Å². The first-order valence-corrected chi connectivity index (χ1v) is 6.21. The quantitative estimate of drug-likeness (QED) is 0.586. The first-order chi connectivity index (χ1) is 7.27. The molecule has 0 aromatic rings. The lowest BCUT2D eigenvalue weighted by Crippen LogP contribution is -2.42. The van der Waals surface area contributed by atoms with Gasteiger partial charge in [0.05, 0.1) is 6.61 Å². The van der Waals surface area contributed by atoms with Gasteiger partial charge in [0.25, 0.3) is 0 Å². The lowest BCUT2D eigenvalue weighted by molar-refractivity contribution is 0.183. The van der Waals surface area contributed by atoms with E-state index in [1.54, 1.807) is 7.11 Å². The number of ether oxygens (including phenoxy) is 1. The average molecular weight is 214 g/mol. The van der Waals surface area contributed by atoms with E-state index in [0.29, 0.717) is 6.04 Å². The van der Waals surface area contributed by atoms with Gasteiger partial charge in [-0.05, 0) is 32.2 Å². The minimum Gasteiger partial charge on any atom is -0.383 e. The van der Waals surface area contributed by atoms with E-state index < -0.39 is 0 Å². The fraction of sp³-hybridized carbons (Fsp3) is 1.00. The summed E-state index contributed by atoms with van der Waals surface area (Å²) in [5.74, 6) is 0.992. The third kappa shape index (κ3) is 5.50. The lowest BCUT2D eigenvalue weighted by Gasteiger charge is -2.28. The van der Waals surface area contributed by atoms with Gasteiger partial charge >= 0.3 is 0 Å². The molecular weight excluding hydrogens is 188 g/mol. The zero-order valence-electron chi connectivity index (χ0n) is 10.5. The summed E-state index contributed by atoms with van der Waals surface area (Å²) < 4.78 is 5.01. The van der Waals surface area contributed by atoms with E-state index in [1.165, 1.54) is 25.9 Å². The Morgan fingerprint density at radius 3 is 2.73 bits per heavy atom. The summed E-state index contributed by atoms with van der Waals surface area (Å²) in [4.78, 5) is 2.58. The Balaban J connectivity index is 2.08. The molecule has 0 aromatic heterocycles. The Morgan fingerprint density at radius 1 is 1.47 bits per heavy atom. The fourth-order valence-corrected chi connectivity index (χ4v) is 1.87. The smallest absolute Gasteiger partial charge is 0.0587 e. The molecule has 3 nitrogen and oxygen atoms in total. The number of likely N-dealkylation sites (N-methyl/N-ethyl adjacent to an activating group) is 1. The molecule has 1 rings (SSSR count).